The third-order valence-corrected chi connectivity index (χ3v) is 4.93. The van der Waals surface area contributed by atoms with Crippen LogP contribution in [0.1, 0.15) is 33.6 Å². The molecule has 2 aliphatic rings. The van der Waals surface area contributed by atoms with Crippen molar-refractivity contribution in [2.24, 2.45) is 5.92 Å². The van der Waals surface area contributed by atoms with Gasteiger partial charge < -0.3 is 20.0 Å². The van der Waals surface area contributed by atoms with Gasteiger partial charge in [0.05, 0.1) is 0 Å². The van der Waals surface area contributed by atoms with Gasteiger partial charge in [-0.15, -0.1) is 0 Å². The summed E-state index contributed by atoms with van der Waals surface area (Å²) in [5, 5.41) is 3.32. The summed E-state index contributed by atoms with van der Waals surface area (Å²) in [5.41, 5.74) is 0. The summed E-state index contributed by atoms with van der Waals surface area (Å²) < 4.78 is 0. The maximum Gasteiger partial charge on any atom is 0.319 e. The number of piperidine rings is 1. The largest absolute Gasteiger partial charge is 0.337 e. The van der Waals surface area contributed by atoms with E-state index in [0.717, 1.165) is 45.6 Å². The number of nitrogens with one attached hydrogen (secondary N) is 1. The van der Waals surface area contributed by atoms with Crippen molar-refractivity contribution in [3.63, 3.8) is 0 Å². The minimum Gasteiger partial charge on any atom is -0.337 e. The van der Waals surface area contributed by atoms with Crippen molar-refractivity contribution >= 4 is 11.9 Å². The molecule has 0 saturated carbocycles. The van der Waals surface area contributed by atoms with Crippen molar-refractivity contribution in [1.82, 2.24) is 20.0 Å². The molecular weight excluding hydrogens is 280 g/mol. The fourth-order valence-electron chi connectivity index (χ4n) is 3.41. The Hall–Kier alpha value is -1.30. The normalized spacial score (nSPS) is 23.5. The van der Waals surface area contributed by atoms with E-state index < -0.39 is 0 Å². The lowest BCUT2D eigenvalue weighted by molar-refractivity contribution is -0.139. The quantitative estimate of drug-likeness (QED) is 0.845. The van der Waals surface area contributed by atoms with Gasteiger partial charge in [0, 0.05) is 57.8 Å². The highest BCUT2D eigenvalue weighted by Gasteiger charge is 2.33. The van der Waals surface area contributed by atoms with E-state index >= 15 is 0 Å². The molecule has 3 amide bonds. The average molecular weight is 310 g/mol. The van der Waals surface area contributed by atoms with Crippen LogP contribution in [-0.2, 0) is 4.79 Å². The first-order chi connectivity index (χ1) is 10.6. The van der Waals surface area contributed by atoms with Crippen LogP contribution in [0.2, 0.25) is 0 Å². The number of amides is 3. The van der Waals surface area contributed by atoms with Crippen LogP contribution in [0.5, 0.6) is 0 Å². The number of piperazine rings is 1. The van der Waals surface area contributed by atoms with E-state index in [0.29, 0.717) is 13.1 Å². The Morgan fingerprint density at radius 3 is 2.32 bits per heavy atom. The third-order valence-electron chi connectivity index (χ3n) is 4.93. The molecule has 6 heteroatoms. The molecule has 0 aromatic carbocycles. The molecule has 0 radical (unpaired) electrons. The monoisotopic (exact) mass is 310 g/mol. The highest BCUT2D eigenvalue weighted by Crippen LogP contribution is 2.22. The first-order valence-corrected chi connectivity index (χ1v) is 8.63. The second-order valence-corrected chi connectivity index (χ2v) is 6.30. The zero-order valence-electron chi connectivity index (χ0n) is 14.2. The zero-order valence-corrected chi connectivity index (χ0v) is 14.2. The molecule has 2 saturated heterocycles. The van der Waals surface area contributed by atoms with Crippen molar-refractivity contribution in [3.8, 4) is 0 Å². The standard InChI is InChI=1S/C16H30N4O2/c1-4-18(5-2)16(22)19-9-6-14(7-10-19)15(21)20-11-8-17-12-13(20)3/h13-14,17H,4-12H2,1-3H3/t13-/m0/s1. The van der Waals surface area contributed by atoms with Gasteiger partial charge >= 0.3 is 6.03 Å². The van der Waals surface area contributed by atoms with Crippen LogP contribution >= 0.6 is 0 Å². The lowest BCUT2D eigenvalue weighted by Crippen LogP contribution is -2.55. The van der Waals surface area contributed by atoms with Crippen LogP contribution in [-0.4, -0.2) is 78.5 Å². The van der Waals surface area contributed by atoms with Gasteiger partial charge in [0.15, 0.2) is 0 Å². The molecule has 0 aliphatic carbocycles. The molecule has 6 nitrogen and oxygen atoms in total. The number of urea groups is 1. The van der Waals surface area contributed by atoms with Gasteiger partial charge in [0.2, 0.25) is 5.91 Å². The van der Waals surface area contributed by atoms with Crippen LogP contribution in [0.4, 0.5) is 4.79 Å². The van der Waals surface area contributed by atoms with E-state index in [1.807, 2.05) is 28.5 Å². The van der Waals surface area contributed by atoms with Crippen molar-refractivity contribution in [2.75, 3.05) is 45.8 Å². The van der Waals surface area contributed by atoms with Crippen LogP contribution in [0.15, 0.2) is 0 Å². The number of carbonyl (C=O) groups excluding carboxylic acids is 2. The molecule has 2 aliphatic heterocycles. The lowest BCUT2D eigenvalue weighted by Gasteiger charge is -2.39. The summed E-state index contributed by atoms with van der Waals surface area (Å²) >= 11 is 0. The molecule has 0 aromatic rings. The van der Waals surface area contributed by atoms with Gasteiger partial charge in [-0.25, -0.2) is 4.79 Å². The third kappa shape index (κ3) is 3.72. The molecule has 1 atom stereocenters. The molecule has 0 bridgehead atoms. The summed E-state index contributed by atoms with van der Waals surface area (Å²) in [6, 6.07) is 0.392. The van der Waals surface area contributed by atoms with Gasteiger partial charge in [-0.2, -0.15) is 0 Å². The van der Waals surface area contributed by atoms with Crippen molar-refractivity contribution in [1.29, 1.82) is 0 Å². The Kier molecular flexibility index (Phi) is 6.06. The van der Waals surface area contributed by atoms with Gasteiger partial charge in [-0.1, -0.05) is 0 Å². The van der Waals surface area contributed by atoms with Crippen molar-refractivity contribution in [2.45, 2.75) is 39.7 Å². The smallest absolute Gasteiger partial charge is 0.319 e. The van der Waals surface area contributed by atoms with Gasteiger partial charge in [0.25, 0.3) is 0 Å². The molecule has 2 heterocycles. The molecule has 2 rings (SSSR count). The minimum atomic E-state index is 0.0845. The molecular formula is C16H30N4O2. The van der Waals surface area contributed by atoms with E-state index in [4.69, 9.17) is 0 Å². The summed E-state index contributed by atoms with van der Waals surface area (Å²) in [5.74, 6) is 0.366. The molecule has 126 valence electrons. The van der Waals surface area contributed by atoms with Gasteiger partial charge in [0.1, 0.15) is 0 Å². The summed E-state index contributed by atoms with van der Waals surface area (Å²) in [6.07, 6.45) is 1.59. The second kappa shape index (κ2) is 7.81. The maximum atomic E-state index is 12.7. The number of likely N-dealkylation sites (tertiary alicyclic amines) is 1. The predicted molar refractivity (Wildman–Crippen MR) is 86.7 cm³/mol. The predicted octanol–water partition coefficient (Wildman–Crippen LogP) is 0.981. The minimum absolute atomic E-state index is 0.0845. The van der Waals surface area contributed by atoms with Crippen LogP contribution in [0, 0.1) is 5.92 Å². The highest BCUT2D eigenvalue weighted by atomic mass is 16.2. The number of carbonyl (C=O) groups is 2. The van der Waals surface area contributed by atoms with E-state index in [2.05, 4.69) is 12.2 Å². The topological polar surface area (TPSA) is 55.9 Å². The molecule has 2 fully saturated rings. The first kappa shape index (κ1) is 17.1. The lowest BCUT2D eigenvalue weighted by atomic mass is 9.94. The average Bonchev–Trinajstić information content (AvgIpc) is 2.56. The maximum absolute atomic E-state index is 12.7. The Labute approximate surface area is 133 Å². The van der Waals surface area contributed by atoms with Crippen LogP contribution < -0.4 is 5.32 Å². The van der Waals surface area contributed by atoms with Gasteiger partial charge in [-0.3, -0.25) is 4.79 Å². The number of rotatable bonds is 3. The SMILES string of the molecule is CCN(CC)C(=O)N1CCC(C(=O)N2CCNC[C@@H]2C)CC1. The first-order valence-electron chi connectivity index (χ1n) is 8.63. The fourth-order valence-corrected chi connectivity index (χ4v) is 3.41. The van der Waals surface area contributed by atoms with Crippen molar-refractivity contribution < 1.29 is 9.59 Å². The van der Waals surface area contributed by atoms with E-state index in [-0.39, 0.29) is 23.9 Å². The summed E-state index contributed by atoms with van der Waals surface area (Å²) in [7, 11) is 0. The molecule has 0 aromatic heterocycles. The molecule has 22 heavy (non-hydrogen) atoms. The molecule has 1 N–H and O–H groups in total. The van der Waals surface area contributed by atoms with E-state index in [9.17, 15) is 9.59 Å². The Balaban J connectivity index is 1.86. The van der Waals surface area contributed by atoms with Crippen LogP contribution in [0.25, 0.3) is 0 Å². The van der Waals surface area contributed by atoms with Crippen LogP contribution in [0.3, 0.4) is 0 Å². The molecule has 0 unspecified atom stereocenters. The van der Waals surface area contributed by atoms with Crippen molar-refractivity contribution in [3.05, 3.63) is 0 Å². The highest BCUT2D eigenvalue weighted by molar-refractivity contribution is 5.80. The molecule has 0 spiro atoms. The van der Waals surface area contributed by atoms with E-state index in [1.165, 1.54) is 0 Å². The fraction of sp³-hybridized carbons (Fsp3) is 0.875. The Morgan fingerprint density at radius 2 is 1.77 bits per heavy atom. The summed E-state index contributed by atoms with van der Waals surface area (Å²) in [4.78, 5) is 30.8. The number of hydrogen-bond acceptors (Lipinski definition) is 3. The van der Waals surface area contributed by atoms with Gasteiger partial charge in [-0.05, 0) is 33.6 Å². The zero-order chi connectivity index (χ0) is 16.1. The number of nitrogens with zero attached hydrogens (tertiary/aromatic N) is 3. The number of hydrogen-bond donors (Lipinski definition) is 1. The second-order valence-electron chi connectivity index (χ2n) is 6.30. The van der Waals surface area contributed by atoms with E-state index in [1.54, 1.807) is 0 Å². The summed E-state index contributed by atoms with van der Waals surface area (Å²) in [6.45, 7) is 11.6. The Morgan fingerprint density at radius 1 is 1.14 bits per heavy atom. The Bertz CT molecular complexity index is 390.